The zero-order chi connectivity index (χ0) is 19.0. The number of aromatic nitrogens is 2. The number of fused-ring (bicyclic) bond motifs is 1. The van der Waals surface area contributed by atoms with Crippen molar-refractivity contribution in [3.63, 3.8) is 0 Å². The second-order valence-corrected chi connectivity index (χ2v) is 8.54. The molecule has 4 heterocycles. The quantitative estimate of drug-likeness (QED) is 0.799. The fourth-order valence-corrected chi connectivity index (χ4v) is 4.58. The van der Waals surface area contributed by atoms with Crippen LogP contribution in [0, 0.1) is 6.92 Å². The molecular weight excluding hydrogens is 360 g/mol. The average Bonchev–Trinajstić information content (AvgIpc) is 3.13. The number of thiophene rings is 1. The van der Waals surface area contributed by atoms with Crippen molar-refractivity contribution in [1.82, 2.24) is 19.8 Å². The Morgan fingerprint density at radius 2 is 2.11 bits per heavy atom. The van der Waals surface area contributed by atoms with Crippen molar-refractivity contribution in [2.24, 2.45) is 0 Å². The average molecular weight is 385 g/mol. The summed E-state index contributed by atoms with van der Waals surface area (Å²) in [4.78, 5) is 38.7. The molecule has 2 aromatic rings. The lowest BCUT2D eigenvalue weighted by atomic mass is 9.96. The number of nitrogens with zero attached hydrogens (tertiary/aromatic N) is 4. The summed E-state index contributed by atoms with van der Waals surface area (Å²) in [7, 11) is 0. The molecule has 0 aliphatic carbocycles. The topological polar surface area (TPSA) is 66.4 Å². The van der Waals surface area contributed by atoms with E-state index in [1.165, 1.54) is 0 Å². The molecule has 142 valence electrons. The second-order valence-electron chi connectivity index (χ2n) is 7.43. The van der Waals surface area contributed by atoms with Crippen LogP contribution in [0.1, 0.15) is 58.0 Å². The molecule has 0 saturated carbocycles. The van der Waals surface area contributed by atoms with E-state index < -0.39 is 0 Å². The maximum atomic E-state index is 12.8. The molecule has 27 heavy (non-hydrogen) atoms. The molecule has 2 aromatic heterocycles. The number of aryl methyl sites for hydroxylation is 1. The molecule has 1 saturated heterocycles. The highest BCUT2D eigenvalue weighted by Gasteiger charge is 2.29. The van der Waals surface area contributed by atoms with Gasteiger partial charge in [-0.15, -0.1) is 11.3 Å². The molecule has 2 amide bonds. The zero-order valence-electron chi connectivity index (χ0n) is 15.8. The van der Waals surface area contributed by atoms with Gasteiger partial charge >= 0.3 is 0 Å². The summed E-state index contributed by atoms with van der Waals surface area (Å²) in [6.07, 6.45) is 4.62. The highest BCUT2D eigenvalue weighted by molar-refractivity contribution is 7.10. The van der Waals surface area contributed by atoms with Crippen molar-refractivity contribution < 1.29 is 9.59 Å². The van der Waals surface area contributed by atoms with E-state index in [2.05, 4.69) is 4.98 Å². The number of amides is 2. The van der Waals surface area contributed by atoms with Crippen molar-refractivity contribution in [3.05, 3.63) is 45.2 Å². The molecule has 1 atom stereocenters. The normalized spacial score (nSPS) is 19.7. The van der Waals surface area contributed by atoms with E-state index in [-0.39, 0.29) is 17.7 Å². The largest absolute Gasteiger partial charge is 0.338 e. The van der Waals surface area contributed by atoms with Gasteiger partial charge in [0.1, 0.15) is 5.82 Å². The molecule has 2 aliphatic rings. The van der Waals surface area contributed by atoms with Crippen LogP contribution in [0.3, 0.4) is 0 Å². The Hall–Kier alpha value is -2.28. The molecule has 0 radical (unpaired) electrons. The highest BCUT2D eigenvalue weighted by atomic mass is 32.1. The highest BCUT2D eigenvalue weighted by Crippen LogP contribution is 2.28. The summed E-state index contributed by atoms with van der Waals surface area (Å²) in [6, 6.07) is 1.97. The summed E-state index contributed by atoms with van der Waals surface area (Å²) in [5.41, 5.74) is 2.88. The predicted octanol–water partition coefficient (Wildman–Crippen LogP) is 2.77. The van der Waals surface area contributed by atoms with Crippen LogP contribution in [0.4, 0.5) is 0 Å². The molecule has 7 heteroatoms. The lowest BCUT2D eigenvalue weighted by molar-refractivity contribution is -0.129. The zero-order valence-corrected chi connectivity index (χ0v) is 16.6. The molecule has 4 rings (SSSR count). The number of hydrogen-bond acceptors (Lipinski definition) is 5. The van der Waals surface area contributed by atoms with Gasteiger partial charge in [0.2, 0.25) is 5.91 Å². The molecule has 0 aromatic carbocycles. The van der Waals surface area contributed by atoms with Crippen LogP contribution < -0.4 is 0 Å². The van der Waals surface area contributed by atoms with Crippen LogP contribution >= 0.6 is 11.3 Å². The van der Waals surface area contributed by atoms with Crippen molar-refractivity contribution in [3.8, 4) is 0 Å². The molecule has 0 N–H and O–H groups in total. The van der Waals surface area contributed by atoms with Gasteiger partial charge in [-0.3, -0.25) is 9.59 Å². The summed E-state index contributed by atoms with van der Waals surface area (Å²) in [5.74, 6) is 1.22. The Balaban J connectivity index is 1.49. The van der Waals surface area contributed by atoms with Crippen molar-refractivity contribution in [2.45, 2.75) is 45.6 Å². The SMILES string of the molecule is CC(=O)N1CCc2nc(C3CCCN(C(=O)c4csc(C)c4)C3)ncc2C1. The van der Waals surface area contributed by atoms with Gasteiger partial charge in [0, 0.05) is 67.5 Å². The monoisotopic (exact) mass is 384 g/mol. The van der Waals surface area contributed by atoms with Crippen LogP contribution in [-0.4, -0.2) is 51.2 Å². The minimum Gasteiger partial charge on any atom is -0.338 e. The molecule has 2 aliphatic heterocycles. The van der Waals surface area contributed by atoms with E-state index in [0.717, 1.165) is 53.3 Å². The van der Waals surface area contributed by atoms with E-state index in [4.69, 9.17) is 4.98 Å². The fourth-order valence-electron chi connectivity index (χ4n) is 3.91. The lowest BCUT2D eigenvalue weighted by Crippen LogP contribution is -2.40. The minimum atomic E-state index is 0.0924. The van der Waals surface area contributed by atoms with E-state index >= 15 is 0 Å². The van der Waals surface area contributed by atoms with Gasteiger partial charge in [0.25, 0.3) is 5.91 Å². The van der Waals surface area contributed by atoms with E-state index in [1.54, 1.807) is 18.3 Å². The number of piperidine rings is 1. The van der Waals surface area contributed by atoms with Gasteiger partial charge in [0.05, 0.1) is 11.3 Å². The maximum absolute atomic E-state index is 12.8. The third kappa shape index (κ3) is 3.74. The van der Waals surface area contributed by atoms with Crippen LogP contribution in [0.15, 0.2) is 17.6 Å². The number of carbonyl (C=O) groups is 2. The number of likely N-dealkylation sites (tertiary alicyclic amines) is 1. The molecule has 0 spiro atoms. The van der Waals surface area contributed by atoms with Gasteiger partial charge in [-0.05, 0) is 25.8 Å². The summed E-state index contributed by atoms with van der Waals surface area (Å²) in [5, 5.41) is 1.94. The maximum Gasteiger partial charge on any atom is 0.254 e. The second kappa shape index (κ2) is 7.38. The predicted molar refractivity (Wildman–Crippen MR) is 104 cm³/mol. The van der Waals surface area contributed by atoms with Gasteiger partial charge < -0.3 is 9.80 Å². The Morgan fingerprint density at radius 3 is 2.85 bits per heavy atom. The van der Waals surface area contributed by atoms with Gasteiger partial charge in [-0.2, -0.15) is 0 Å². The Bertz CT molecular complexity index is 879. The van der Waals surface area contributed by atoms with E-state index in [0.29, 0.717) is 19.6 Å². The first-order chi connectivity index (χ1) is 13.0. The van der Waals surface area contributed by atoms with Gasteiger partial charge in [-0.25, -0.2) is 9.97 Å². The van der Waals surface area contributed by atoms with Crippen molar-refractivity contribution in [1.29, 1.82) is 0 Å². The molecule has 1 fully saturated rings. The van der Waals surface area contributed by atoms with Gasteiger partial charge in [-0.1, -0.05) is 0 Å². The Kier molecular flexibility index (Phi) is 4.95. The fraction of sp³-hybridized carbons (Fsp3) is 0.500. The van der Waals surface area contributed by atoms with Crippen molar-refractivity contribution in [2.75, 3.05) is 19.6 Å². The van der Waals surface area contributed by atoms with Crippen LogP contribution in [0.25, 0.3) is 0 Å². The van der Waals surface area contributed by atoms with Crippen molar-refractivity contribution >= 4 is 23.2 Å². The first-order valence-corrected chi connectivity index (χ1v) is 10.3. The smallest absolute Gasteiger partial charge is 0.254 e. The summed E-state index contributed by atoms with van der Waals surface area (Å²) in [6.45, 7) is 6.40. The minimum absolute atomic E-state index is 0.0924. The van der Waals surface area contributed by atoms with E-state index in [1.807, 2.05) is 34.4 Å². The summed E-state index contributed by atoms with van der Waals surface area (Å²) >= 11 is 1.61. The number of hydrogen-bond donors (Lipinski definition) is 0. The molecule has 6 nitrogen and oxygen atoms in total. The molecule has 0 bridgehead atoms. The lowest BCUT2D eigenvalue weighted by Gasteiger charge is -2.33. The van der Waals surface area contributed by atoms with Crippen LogP contribution in [0.2, 0.25) is 0 Å². The Morgan fingerprint density at radius 1 is 1.26 bits per heavy atom. The Labute approximate surface area is 163 Å². The molecular formula is C20H24N4O2S. The number of carbonyl (C=O) groups excluding carboxylic acids is 2. The molecule has 1 unspecified atom stereocenters. The first-order valence-electron chi connectivity index (χ1n) is 9.46. The third-order valence-electron chi connectivity index (χ3n) is 5.45. The first kappa shape index (κ1) is 18.1. The van der Waals surface area contributed by atoms with E-state index in [9.17, 15) is 9.59 Å². The third-order valence-corrected chi connectivity index (χ3v) is 6.31. The summed E-state index contributed by atoms with van der Waals surface area (Å²) < 4.78 is 0. The number of rotatable bonds is 2. The standard InChI is InChI=1S/C20H24N4O2S/c1-13-8-16(12-27-13)20(26)24-6-3-4-15(10-24)19-21-9-17-11-23(14(2)25)7-5-18(17)22-19/h8-9,12,15H,3-7,10-11H2,1-2H3. The van der Waals surface area contributed by atoms with Gasteiger partial charge in [0.15, 0.2) is 0 Å². The van der Waals surface area contributed by atoms with Crippen LogP contribution in [-0.2, 0) is 17.8 Å². The van der Waals surface area contributed by atoms with Crippen LogP contribution in [0.5, 0.6) is 0 Å².